The van der Waals surface area contributed by atoms with E-state index in [1.165, 1.54) is 6.42 Å². The summed E-state index contributed by atoms with van der Waals surface area (Å²) in [7, 11) is 0. The lowest BCUT2D eigenvalue weighted by Crippen LogP contribution is -2.53. The molecule has 0 saturated carbocycles. The molecule has 2 fully saturated rings. The highest BCUT2D eigenvalue weighted by Crippen LogP contribution is 2.37. The van der Waals surface area contributed by atoms with Gasteiger partial charge in [-0.1, -0.05) is 20.8 Å². The molecule has 0 aliphatic carbocycles. The predicted octanol–water partition coefficient (Wildman–Crippen LogP) is 2.41. The number of piperidine rings is 2. The fourth-order valence-electron chi connectivity index (χ4n) is 3.56. The molecule has 0 unspecified atom stereocenters. The molecule has 0 bridgehead atoms. The quantitative estimate of drug-likeness (QED) is 0.818. The van der Waals surface area contributed by atoms with Crippen molar-refractivity contribution < 1.29 is 4.79 Å². The zero-order chi connectivity index (χ0) is 13.2. The smallest absolute Gasteiger partial charge is 0.228 e. The molecule has 2 rings (SSSR count). The number of carbonyl (C=O) groups is 1. The molecular weight excluding hydrogens is 224 g/mol. The van der Waals surface area contributed by atoms with E-state index in [-0.39, 0.29) is 5.41 Å². The van der Waals surface area contributed by atoms with E-state index < -0.39 is 0 Å². The van der Waals surface area contributed by atoms with Gasteiger partial charge < -0.3 is 10.2 Å². The Morgan fingerprint density at radius 2 is 1.89 bits per heavy atom. The third-order valence-electron chi connectivity index (χ3n) is 4.88. The van der Waals surface area contributed by atoms with E-state index >= 15 is 0 Å². The van der Waals surface area contributed by atoms with Crippen LogP contribution in [0.2, 0.25) is 0 Å². The van der Waals surface area contributed by atoms with Gasteiger partial charge in [0, 0.05) is 13.1 Å². The zero-order valence-electron chi connectivity index (χ0n) is 12.2. The first kappa shape index (κ1) is 13.9. The van der Waals surface area contributed by atoms with Gasteiger partial charge in [0.1, 0.15) is 0 Å². The van der Waals surface area contributed by atoms with Gasteiger partial charge in [-0.25, -0.2) is 0 Å². The third kappa shape index (κ3) is 2.71. The van der Waals surface area contributed by atoms with Gasteiger partial charge in [0.25, 0.3) is 0 Å². The van der Waals surface area contributed by atoms with Crippen molar-refractivity contribution in [2.45, 2.75) is 52.9 Å². The highest BCUT2D eigenvalue weighted by molar-refractivity contribution is 5.83. The Bertz CT molecular complexity index is 306. The van der Waals surface area contributed by atoms with Crippen molar-refractivity contribution in [1.29, 1.82) is 0 Å². The SMILES string of the molecule is CCC1(C(=O)N2CCCC(C)(C)C2)CCNCC1. The summed E-state index contributed by atoms with van der Waals surface area (Å²) in [6.07, 6.45) is 5.43. The summed E-state index contributed by atoms with van der Waals surface area (Å²) < 4.78 is 0. The Morgan fingerprint density at radius 1 is 1.22 bits per heavy atom. The molecule has 2 aliphatic heterocycles. The fourth-order valence-corrected chi connectivity index (χ4v) is 3.56. The molecular formula is C15H28N2O. The molecule has 2 aliphatic rings. The van der Waals surface area contributed by atoms with Crippen molar-refractivity contribution in [3.8, 4) is 0 Å². The molecule has 2 heterocycles. The van der Waals surface area contributed by atoms with Gasteiger partial charge in [0.2, 0.25) is 5.91 Å². The van der Waals surface area contributed by atoms with Gasteiger partial charge in [-0.05, 0) is 50.6 Å². The first-order chi connectivity index (χ1) is 8.49. The summed E-state index contributed by atoms with van der Waals surface area (Å²) in [6.45, 7) is 10.7. The molecule has 3 nitrogen and oxygen atoms in total. The molecule has 0 spiro atoms. The van der Waals surface area contributed by atoms with Crippen LogP contribution in [0, 0.1) is 10.8 Å². The number of hydrogen-bond donors (Lipinski definition) is 1. The standard InChI is InChI=1S/C15H28N2O/c1-4-15(7-9-16-10-8-15)13(18)17-11-5-6-14(2,3)12-17/h16H,4-12H2,1-3H3. The lowest BCUT2D eigenvalue weighted by Gasteiger charge is -2.44. The third-order valence-corrected chi connectivity index (χ3v) is 4.88. The topological polar surface area (TPSA) is 32.3 Å². The Balaban J connectivity index is 2.09. The number of hydrogen-bond acceptors (Lipinski definition) is 2. The van der Waals surface area contributed by atoms with Crippen molar-refractivity contribution >= 4 is 5.91 Å². The van der Waals surface area contributed by atoms with Crippen LogP contribution in [0.5, 0.6) is 0 Å². The number of nitrogens with zero attached hydrogens (tertiary/aromatic N) is 1. The lowest BCUT2D eigenvalue weighted by molar-refractivity contribution is -0.147. The van der Waals surface area contributed by atoms with Crippen LogP contribution in [0.25, 0.3) is 0 Å². The Labute approximate surface area is 111 Å². The number of carbonyl (C=O) groups excluding carboxylic acids is 1. The first-order valence-electron chi connectivity index (χ1n) is 7.49. The fraction of sp³-hybridized carbons (Fsp3) is 0.933. The minimum Gasteiger partial charge on any atom is -0.342 e. The normalized spacial score (nSPS) is 26.9. The summed E-state index contributed by atoms with van der Waals surface area (Å²) in [5.74, 6) is 0.430. The summed E-state index contributed by atoms with van der Waals surface area (Å²) in [5, 5.41) is 3.38. The van der Waals surface area contributed by atoms with Crippen LogP contribution < -0.4 is 5.32 Å². The largest absolute Gasteiger partial charge is 0.342 e. The molecule has 0 aromatic carbocycles. The van der Waals surface area contributed by atoms with Crippen LogP contribution in [0.4, 0.5) is 0 Å². The maximum absolute atomic E-state index is 12.9. The van der Waals surface area contributed by atoms with Crippen LogP contribution in [-0.4, -0.2) is 37.0 Å². The van der Waals surface area contributed by atoms with E-state index in [1.54, 1.807) is 0 Å². The van der Waals surface area contributed by atoms with E-state index in [0.717, 1.165) is 51.9 Å². The van der Waals surface area contributed by atoms with Gasteiger partial charge in [-0.15, -0.1) is 0 Å². The van der Waals surface area contributed by atoms with Gasteiger partial charge in [0.15, 0.2) is 0 Å². The predicted molar refractivity (Wildman–Crippen MR) is 74.4 cm³/mol. The van der Waals surface area contributed by atoms with E-state index in [4.69, 9.17) is 0 Å². The van der Waals surface area contributed by atoms with Crippen LogP contribution >= 0.6 is 0 Å². The van der Waals surface area contributed by atoms with Gasteiger partial charge >= 0.3 is 0 Å². The summed E-state index contributed by atoms with van der Waals surface area (Å²) >= 11 is 0. The van der Waals surface area contributed by atoms with Crippen molar-refractivity contribution in [3.63, 3.8) is 0 Å². The molecule has 1 N–H and O–H groups in total. The van der Waals surface area contributed by atoms with E-state index in [9.17, 15) is 4.79 Å². The highest BCUT2D eigenvalue weighted by atomic mass is 16.2. The maximum atomic E-state index is 12.9. The monoisotopic (exact) mass is 252 g/mol. The number of amides is 1. The highest BCUT2D eigenvalue weighted by Gasteiger charge is 2.42. The van der Waals surface area contributed by atoms with Crippen molar-refractivity contribution in [2.24, 2.45) is 10.8 Å². The molecule has 0 aromatic heterocycles. The summed E-state index contributed by atoms with van der Waals surface area (Å²) in [5.41, 5.74) is 0.231. The average Bonchev–Trinajstić information content (AvgIpc) is 2.37. The van der Waals surface area contributed by atoms with Gasteiger partial charge in [-0.3, -0.25) is 4.79 Å². The summed E-state index contributed by atoms with van der Waals surface area (Å²) in [6, 6.07) is 0. The molecule has 0 aromatic rings. The zero-order valence-corrected chi connectivity index (χ0v) is 12.2. The molecule has 3 heteroatoms. The van der Waals surface area contributed by atoms with Crippen LogP contribution in [0.1, 0.15) is 52.9 Å². The Hall–Kier alpha value is -0.570. The second-order valence-electron chi connectivity index (χ2n) is 6.88. The number of rotatable bonds is 2. The van der Waals surface area contributed by atoms with Crippen molar-refractivity contribution in [2.75, 3.05) is 26.2 Å². The number of likely N-dealkylation sites (tertiary alicyclic amines) is 1. The number of nitrogens with one attached hydrogen (secondary N) is 1. The molecule has 104 valence electrons. The van der Waals surface area contributed by atoms with E-state index in [1.807, 2.05) is 0 Å². The second kappa shape index (κ2) is 5.20. The minimum absolute atomic E-state index is 0.0708. The van der Waals surface area contributed by atoms with E-state index in [2.05, 4.69) is 31.0 Å². The van der Waals surface area contributed by atoms with Crippen LogP contribution in [0.15, 0.2) is 0 Å². The molecule has 18 heavy (non-hydrogen) atoms. The molecule has 2 saturated heterocycles. The van der Waals surface area contributed by atoms with E-state index in [0.29, 0.717) is 11.3 Å². The maximum Gasteiger partial charge on any atom is 0.228 e. The lowest BCUT2D eigenvalue weighted by atomic mass is 9.74. The van der Waals surface area contributed by atoms with Gasteiger partial charge in [0.05, 0.1) is 5.41 Å². The first-order valence-corrected chi connectivity index (χ1v) is 7.49. The second-order valence-corrected chi connectivity index (χ2v) is 6.88. The minimum atomic E-state index is -0.0708. The molecule has 0 atom stereocenters. The average molecular weight is 252 g/mol. The molecule has 0 radical (unpaired) electrons. The Morgan fingerprint density at radius 3 is 2.44 bits per heavy atom. The van der Waals surface area contributed by atoms with Crippen LogP contribution in [0.3, 0.4) is 0 Å². The van der Waals surface area contributed by atoms with Crippen molar-refractivity contribution in [1.82, 2.24) is 10.2 Å². The Kier molecular flexibility index (Phi) is 4.00. The van der Waals surface area contributed by atoms with Crippen molar-refractivity contribution in [3.05, 3.63) is 0 Å². The molecule has 1 amide bonds. The van der Waals surface area contributed by atoms with Gasteiger partial charge in [-0.2, -0.15) is 0 Å². The van der Waals surface area contributed by atoms with Crippen LogP contribution in [-0.2, 0) is 4.79 Å². The summed E-state index contributed by atoms with van der Waals surface area (Å²) in [4.78, 5) is 15.0.